The highest BCUT2D eigenvalue weighted by atomic mass is 16.6. The van der Waals surface area contributed by atoms with Gasteiger partial charge in [-0.25, -0.2) is 4.79 Å². The van der Waals surface area contributed by atoms with Crippen LogP contribution in [0.3, 0.4) is 0 Å². The maximum absolute atomic E-state index is 12.8. The molecule has 6 heteroatoms. The summed E-state index contributed by atoms with van der Waals surface area (Å²) in [5, 5.41) is 6.14. The Balaban J connectivity index is 0.00000240. The van der Waals surface area contributed by atoms with E-state index in [9.17, 15) is 9.59 Å². The predicted octanol–water partition coefficient (Wildman–Crippen LogP) is 4.94. The number of aryl methyl sites for hydroxylation is 1. The van der Waals surface area contributed by atoms with Crippen molar-refractivity contribution in [2.75, 3.05) is 11.9 Å². The molecule has 0 saturated heterocycles. The van der Waals surface area contributed by atoms with Crippen molar-refractivity contribution >= 4 is 17.6 Å². The van der Waals surface area contributed by atoms with Crippen molar-refractivity contribution in [2.24, 2.45) is 5.92 Å². The van der Waals surface area contributed by atoms with Crippen molar-refractivity contribution in [3.63, 3.8) is 0 Å². The molecule has 2 atom stereocenters. The van der Waals surface area contributed by atoms with Crippen molar-refractivity contribution in [3.05, 3.63) is 47.8 Å². The smallest absolute Gasteiger partial charge is 0.407 e. The second-order valence-electron chi connectivity index (χ2n) is 8.46. The van der Waals surface area contributed by atoms with E-state index in [4.69, 9.17) is 4.74 Å². The molecule has 0 spiro atoms. The lowest BCUT2D eigenvalue weighted by Gasteiger charge is -2.31. The van der Waals surface area contributed by atoms with Gasteiger partial charge in [0.25, 0.3) is 0 Å². The molecule has 3 rings (SSSR count). The number of aromatic nitrogens is 1. The number of ketones is 1. The van der Waals surface area contributed by atoms with Gasteiger partial charge in [0, 0.05) is 27.1 Å². The first kappa shape index (κ1) is 20.8. The average Bonchev–Trinajstić information content (AvgIpc) is 2.68. The molecule has 2 aromatic rings. The molecule has 1 aliphatic heterocycles. The third-order valence-electron chi connectivity index (χ3n) is 5.01. The number of rotatable bonds is 4. The summed E-state index contributed by atoms with van der Waals surface area (Å²) in [6.07, 6.45) is 2.21. The lowest BCUT2D eigenvalue weighted by atomic mass is 9.89. The third-order valence-corrected chi connectivity index (χ3v) is 5.01. The van der Waals surface area contributed by atoms with Crippen molar-refractivity contribution < 1.29 is 17.2 Å². The fourth-order valence-corrected chi connectivity index (χ4v) is 3.36. The number of nitrogens with one attached hydrogen (secondary N) is 2. The van der Waals surface area contributed by atoms with E-state index < -0.39 is 11.7 Å². The molecule has 0 fully saturated rings. The van der Waals surface area contributed by atoms with Crippen LogP contribution in [-0.2, 0) is 11.2 Å². The standard InChI is InChI=1S/C23H29N3O3.2H2/c1-6-15-8-7-9-16(10-15)17-11-18-20(24-12-17)21(27)14(2)19(26-18)13-25-22(28)29-23(3,4)5;;/h7-12,14,19,26H,6,13H2,1-5H3,(H,25,28);2*1H. The molecule has 2 N–H and O–H groups in total. The summed E-state index contributed by atoms with van der Waals surface area (Å²) in [6, 6.07) is 10.0. The summed E-state index contributed by atoms with van der Waals surface area (Å²) in [6.45, 7) is 9.70. The highest BCUT2D eigenvalue weighted by Crippen LogP contribution is 2.31. The van der Waals surface area contributed by atoms with Gasteiger partial charge in [-0.1, -0.05) is 38.1 Å². The molecule has 2 unspecified atom stereocenters. The number of amides is 1. The summed E-state index contributed by atoms with van der Waals surface area (Å²) in [7, 11) is 0. The van der Waals surface area contributed by atoms with Crippen molar-refractivity contribution in [1.29, 1.82) is 0 Å². The highest BCUT2D eigenvalue weighted by molar-refractivity contribution is 6.03. The first-order chi connectivity index (χ1) is 13.7. The third kappa shape index (κ3) is 4.94. The minimum Gasteiger partial charge on any atom is -0.444 e. The molecule has 1 amide bonds. The number of hydrogen-bond donors (Lipinski definition) is 2. The summed E-state index contributed by atoms with van der Waals surface area (Å²) < 4.78 is 5.28. The fraction of sp³-hybridized carbons (Fsp3) is 0.435. The van der Waals surface area contributed by atoms with E-state index >= 15 is 0 Å². The van der Waals surface area contributed by atoms with E-state index in [0.717, 1.165) is 17.5 Å². The molecular formula is C23H33N3O3. The molecule has 1 aliphatic rings. The van der Waals surface area contributed by atoms with Gasteiger partial charge in [0.1, 0.15) is 11.3 Å². The SMILES string of the molecule is CCc1cccc(-c2cnc3c(c2)NC(CNC(=O)OC(C)(C)C)C(C)C3=O)c1.[HH].[HH]. The van der Waals surface area contributed by atoms with Crippen LogP contribution < -0.4 is 10.6 Å². The lowest BCUT2D eigenvalue weighted by molar-refractivity contribution is 0.0520. The number of hydrogen-bond acceptors (Lipinski definition) is 5. The Bertz CT molecular complexity index is 929. The minimum atomic E-state index is -0.566. The molecule has 158 valence electrons. The van der Waals surface area contributed by atoms with Gasteiger partial charge in [0.05, 0.1) is 11.7 Å². The normalized spacial score (nSPS) is 18.6. The number of benzene rings is 1. The number of carbonyl (C=O) groups excluding carboxylic acids is 2. The van der Waals surface area contributed by atoms with Crippen LogP contribution in [0, 0.1) is 5.92 Å². The van der Waals surface area contributed by atoms with E-state index in [0.29, 0.717) is 11.4 Å². The lowest BCUT2D eigenvalue weighted by Crippen LogP contribution is -2.47. The van der Waals surface area contributed by atoms with E-state index in [-0.39, 0.29) is 27.1 Å². The van der Waals surface area contributed by atoms with Crippen LogP contribution in [0.5, 0.6) is 0 Å². The number of carbonyl (C=O) groups is 2. The van der Waals surface area contributed by atoms with Crippen molar-refractivity contribution in [3.8, 4) is 11.1 Å². The van der Waals surface area contributed by atoms with Crippen molar-refractivity contribution in [2.45, 2.75) is 52.7 Å². The van der Waals surface area contributed by atoms with E-state index in [1.807, 2.05) is 45.9 Å². The van der Waals surface area contributed by atoms with Gasteiger partial charge in [-0.2, -0.15) is 0 Å². The number of anilines is 1. The first-order valence-corrected chi connectivity index (χ1v) is 10.0. The van der Waals surface area contributed by atoms with Crippen LogP contribution in [-0.4, -0.2) is 35.0 Å². The summed E-state index contributed by atoms with van der Waals surface area (Å²) in [5.74, 6) is -0.331. The molecule has 0 radical (unpaired) electrons. The predicted molar refractivity (Wildman–Crippen MR) is 118 cm³/mol. The van der Waals surface area contributed by atoms with Crippen LogP contribution in [0.25, 0.3) is 11.1 Å². The van der Waals surface area contributed by atoms with Gasteiger partial charge in [0.2, 0.25) is 0 Å². The maximum Gasteiger partial charge on any atom is 0.407 e. The molecule has 0 saturated carbocycles. The number of pyridine rings is 1. The zero-order valence-electron chi connectivity index (χ0n) is 17.7. The van der Waals surface area contributed by atoms with Crippen LogP contribution in [0.4, 0.5) is 10.5 Å². The maximum atomic E-state index is 12.8. The topological polar surface area (TPSA) is 80.3 Å². The number of ether oxygens (including phenoxy) is 1. The highest BCUT2D eigenvalue weighted by Gasteiger charge is 2.33. The monoisotopic (exact) mass is 399 g/mol. The van der Waals surface area contributed by atoms with Gasteiger partial charge >= 0.3 is 6.09 Å². The molecule has 0 bridgehead atoms. The van der Waals surface area contributed by atoms with Gasteiger partial charge in [-0.3, -0.25) is 9.78 Å². The molecule has 29 heavy (non-hydrogen) atoms. The zero-order valence-corrected chi connectivity index (χ0v) is 17.7. The van der Waals surface area contributed by atoms with Crippen LogP contribution in [0.2, 0.25) is 0 Å². The molecule has 2 heterocycles. The fourth-order valence-electron chi connectivity index (χ4n) is 3.36. The molecule has 1 aromatic heterocycles. The van der Waals surface area contributed by atoms with Crippen LogP contribution in [0.15, 0.2) is 36.5 Å². The van der Waals surface area contributed by atoms with E-state index in [2.05, 4.69) is 34.7 Å². The van der Waals surface area contributed by atoms with Gasteiger partial charge < -0.3 is 15.4 Å². The minimum absolute atomic E-state index is 0. The second kappa shape index (κ2) is 8.23. The number of fused-ring (bicyclic) bond motifs is 1. The zero-order chi connectivity index (χ0) is 21.2. The number of Topliss-reactive ketones (excluding diaryl/α,β-unsaturated/α-hetero) is 1. The Hall–Kier alpha value is -2.89. The van der Waals surface area contributed by atoms with Crippen molar-refractivity contribution in [1.82, 2.24) is 10.3 Å². The second-order valence-corrected chi connectivity index (χ2v) is 8.46. The molecule has 0 aliphatic carbocycles. The van der Waals surface area contributed by atoms with E-state index in [1.165, 1.54) is 5.56 Å². The first-order valence-electron chi connectivity index (χ1n) is 10.0. The van der Waals surface area contributed by atoms with Gasteiger partial charge in [-0.05, 0) is 44.4 Å². The number of nitrogens with zero attached hydrogens (tertiary/aromatic N) is 1. The Kier molecular flexibility index (Phi) is 5.91. The number of alkyl carbamates (subject to hydrolysis) is 1. The van der Waals surface area contributed by atoms with Gasteiger partial charge in [0.15, 0.2) is 5.78 Å². The Morgan fingerprint density at radius 2 is 2.03 bits per heavy atom. The van der Waals surface area contributed by atoms with Crippen LogP contribution in [0.1, 0.15) is 53.5 Å². The Morgan fingerprint density at radius 1 is 1.28 bits per heavy atom. The summed E-state index contributed by atoms with van der Waals surface area (Å²) >= 11 is 0. The molecule has 6 nitrogen and oxygen atoms in total. The summed E-state index contributed by atoms with van der Waals surface area (Å²) in [5.41, 5.74) is 3.84. The Labute approximate surface area is 175 Å². The summed E-state index contributed by atoms with van der Waals surface area (Å²) in [4.78, 5) is 29.2. The molecule has 1 aromatic carbocycles. The average molecular weight is 400 g/mol. The Morgan fingerprint density at radius 3 is 2.72 bits per heavy atom. The van der Waals surface area contributed by atoms with E-state index in [1.54, 1.807) is 6.20 Å². The largest absolute Gasteiger partial charge is 0.444 e. The quantitative estimate of drug-likeness (QED) is 0.761. The van der Waals surface area contributed by atoms with Crippen LogP contribution >= 0.6 is 0 Å². The molecular weight excluding hydrogens is 366 g/mol. The van der Waals surface area contributed by atoms with Gasteiger partial charge in [-0.15, -0.1) is 0 Å².